The standard InChI is InChI=1S/C17H22BrNOS/c1-5-8-19-17(16-9-11(2)12(3)21-16)14-10-13(18)6-7-15(14)20-4/h6-7,9-10,17,19H,5,8H2,1-4H3. The molecule has 2 rings (SSSR count). The molecule has 1 aromatic carbocycles. The van der Waals surface area contributed by atoms with Crippen molar-refractivity contribution in [3.8, 4) is 5.75 Å². The molecule has 0 bridgehead atoms. The van der Waals surface area contributed by atoms with Crippen LogP contribution in [0.4, 0.5) is 0 Å². The van der Waals surface area contributed by atoms with Gasteiger partial charge < -0.3 is 10.1 Å². The smallest absolute Gasteiger partial charge is 0.124 e. The maximum Gasteiger partial charge on any atom is 0.124 e. The summed E-state index contributed by atoms with van der Waals surface area (Å²) >= 11 is 5.43. The zero-order chi connectivity index (χ0) is 15.4. The third-order valence-electron chi connectivity index (χ3n) is 3.57. The Bertz CT molecular complexity index is 589. The van der Waals surface area contributed by atoms with E-state index in [0.29, 0.717) is 0 Å². The van der Waals surface area contributed by atoms with Gasteiger partial charge in [0.1, 0.15) is 5.75 Å². The van der Waals surface area contributed by atoms with Gasteiger partial charge in [0.2, 0.25) is 0 Å². The van der Waals surface area contributed by atoms with Crippen molar-refractivity contribution >= 4 is 27.3 Å². The number of aryl methyl sites for hydroxylation is 2. The van der Waals surface area contributed by atoms with Crippen LogP contribution in [0.1, 0.15) is 40.3 Å². The Hall–Kier alpha value is -0.840. The van der Waals surface area contributed by atoms with Crippen molar-refractivity contribution in [3.05, 3.63) is 49.6 Å². The van der Waals surface area contributed by atoms with Crippen LogP contribution in [0.25, 0.3) is 0 Å². The first-order valence-electron chi connectivity index (χ1n) is 7.20. The summed E-state index contributed by atoms with van der Waals surface area (Å²) in [4.78, 5) is 2.72. The van der Waals surface area contributed by atoms with Crippen LogP contribution in [0.5, 0.6) is 5.75 Å². The Morgan fingerprint density at radius 3 is 2.62 bits per heavy atom. The van der Waals surface area contributed by atoms with Gasteiger partial charge in [0.25, 0.3) is 0 Å². The lowest BCUT2D eigenvalue weighted by Gasteiger charge is -2.20. The molecule has 114 valence electrons. The number of benzene rings is 1. The van der Waals surface area contributed by atoms with E-state index >= 15 is 0 Å². The SMILES string of the molecule is CCCNC(c1cc(C)c(C)s1)c1cc(Br)ccc1OC. The molecule has 0 aliphatic heterocycles. The predicted octanol–water partition coefficient (Wildman–Crippen LogP) is 5.23. The van der Waals surface area contributed by atoms with Gasteiger partial charge in [0.05, 0.1) is 13.2 Å². The fourth-order valence-corrected chi connectivity index (χ4v) is 3.84. The zero-order valence-electron chi connectivity index (χ0n) is 13.0. The van der Waals surface area contributed by atoms with Crippen molar-refractivity contribution < 1.29 is 4.74 Å². The fourth-order valence-electron chi connectivity index (χ4n) is 2.33. The van der Waals surface area contributed by atoms with Crippen molar-refractivity contribution in [3.63, 3.8) is 0 Å². The molecular formula is C17H22BrNOS. The summed E-state index contributed by atoms with van der Waals surface area (Å²) in [5.41, 5.74) is 2.54. The molecule has 4 heteroatoms. The van der Waals surface area contributed by atoms with Crippen molar-refractivity contribution in [2.75, 3.05) is 13.7 Å². The summed E-state index contributed by atoms with van der Waals surface area (Å²) in [5.74, 6) is 0.926. The van der Waals surface area contributed by atoms with Crippen LogP contribution >= 0.6 is 27.3 Å². The average Bonchev–Trinajstić information content (AvgIpc) is 2.79. The molecule has 1 aromatic heterocycles. The van der Waals surface area contributed by atoms with Gasteiger partial charge >= 0.3 is 0 Å². The molecule has 0 saturated carbocycles. The minimum absolute atomic E-state index is 0.176. The Balaban J connectivity index is 2.47. The number of ether oxygens (including phenoxy) is 1. The summed E-state index contributed by atoms with van der Waals surface area (Å²) in [6.07, 6.45) is 1.11. The highest BCUT2D eigenvalue weighted by molar-refractivity contribution is 9.10. The highest BCUT2D eigenvalue weighted by Gasteiger charge is 2.20. The number of methoxy groups -OCH3 is 1. The van der Waals surface area contributed by atoms with Gasteiger partial charge in [-0.2, -0.15) is 0 Å². The van der Waals surface area contributed by atoms with E-state index in [2.05, 4.69) is 54.2 Å². The first-order chi connectivity index (χ1) is 10.1. The lowest BCUT2D eigenvalue weighted by molar-refractivity contribution is 0.404. The monoisotopic (exact) mass is 367 g/mol. The molecule has 1 heterocycles. The van der Waals surface area contributed by atoms with E-state index in [1.807, 2.05) is 23.5 Å². The van der Waals surface area contributed by atoms with E-state index in [-0.39, 0.29) is 6.04 Å². The van der Waals surface area contributed by atoms with Gasteiger partial charge in [0, 0.05) is 19.8 Å². The molecule has 1 unspecified atom stereocenters. The predicted molar refractivity (Wildman–Crippen MR) is 94.6 cm³/mol. The van der Waals surface area contributed by atoms with Gasteiger partial charge in [-0.3, -0.25) is 0 Å². The summed E-state index contributed by atoms with van der Waals surface area (Å²) in [5, 5.41) is 3.65. The lowest BCUT2D eigenvalue weighted by Crippen LogP contribution is -2.23. The number of halogens is 1. The summed E-state index contributed by atoms with van der Waals surface area (Å²) in [6.45, 7) is 7.52. The second-order valence-electron chi connectivity index (χ2n) is 5.16. The molecule has 0 aliphatic rings. The normalized spacial score (nSPS) is 12.4. The van der Waals surface area contributed by atoms with E-state index in [1.54, 1.807) is 7.11 Å². The van der Waals surface area contributed by atoms with Crippen LogP contribution < -0.4 is 10.1 Å². The molecule has 1 N–H and O–H groups in total. The molecule has 2 nitrogen and oxygen atoms in total. The molecule has 2 aromatic rings. The second-order valence-corrected chi connectivity index (χ2v) is 7.36. The minimum Gasteiger partial charge on any atom is -0.496 e. The van der Waals surface area contributed by atoms with Crippen molar-refractivity contribution in [1.82, 2.24) is 5.32 Å². The summed E-state index contributed by atoms with van der Waals surface area (Å²) in [6, 6.07) is 8.65. The van der Waals surface area contributed by atoms with Gasteiger partial charge in [-0.05, 0) is 56.6 Å². The number of nitrogens with one attached hydrogen (secondary N) is 1. The van der Waals surface area contributed by atoms with Crippen LogP contribution in [-0.2, 0) is 0 Å². The molecule has 0 saturated heterocycles. The zero-order valence-corrected chi connectivity index (χ0v) is 15.4. The maximum absolute atomic E-state index is 5.56. The summed E-state index contributed by atoms with van der Waals surface area (Å²) in [7, 11) is 1.73. The number of rotatable bonds is 6. The van der Waals surface area contributed by atoms with Crippen LogP contribution in [0, 0.1) is 13.8 Å². The minimum atomic E-state index is 0.176. The molecule has 0 radical (unpaired) electrons. The molecule has 21 heavy (non-hydrogen) atoms. The number of hydrogen-bond acceptors (Lipinski definition) is 3. The van der Waals surface area contributed by atoms with Crippen molar-refractivity contribution in [2.45, 2.75) is 33.2 Å². The Labute approximate surface area is 139 Å². The van der Waals surface area contributed by atoms with E-state index in [0.717, 1.165) is 23.2 Å². The largest absolute Gasteiger partial charge is 0.496 e. The molecular weight excluding hydrogens is 346 g/mol. The van der Waals surface area contributed by atoms with Gasteiger partial charge in [-0.25, -0.2) is 0 Å². The first kappa shape index (κ1) is 16.5. The van der Waals surface area contributed by atoms with Gasteiger partial charge in [-0.15, -0.1) is 11.3 Å². The highest BCUT2D eigenvalue weighted by Crippen LogP contribution is 2.36. The van der Waals surface area contributed by atoms with Crippen LogP contribution in [0.3, 0.4) is 0 Å². The fraction of sp³-hybridized carbons (Fsp3) is 0.412. The molecule has 0 spiro atoms. The van der Waals surface area contributed by atoms with Crippen LogP contribution in [0.15, 0.2) is 28.7 Å². The van der Waals surface area contributed by atoms with Crippen LogP contribution in [-0.4, -0.2) is 13.7 Å². The Morgan fingerprint density at radius 1 is 1.29 bits per heavy atom. The Kier molecular flexibility index (Phi) is 5.85. The van der Waals surface area contributed by atoms with Crippen molar-refractivity contribution in [2.24, 2.45) is 0 Å². The molecule has 0 amide bonds. The molecule has 0 aliphatic carbocycles. The lowest BCUT2D eigenvalue weighted by atomic mass is 10.0. The van der Waals surface area contributed by atoms with Crippen LogP contribution in [0.2, 0.25) is 0 Å². The van der Waals surface area contributed by atoms with E-state index in [1.165, 1.54) is 20.9 Å². The quantitative estimate of drug-likeness (QED) is 0.754. The summed E-state index contributed by atoms with van der Waals surface area (Å²) < 4.78 is 6.64. The molecule has 0 fully saturated rings. The second kappa shape index (κ2) is 7.43. The van der Waals surface area contributed by atoms with E-state index in [4.69, 9.17) is 4.74 Å². The van der Waals surface area contributed by atoms with Gasteiger partial charge in [-0.1, -0.05) is 22.9 Å². The van der Waals surface area contributed by atoms with Gasteiger partial charge in [0.15, 0.2) is 0 Å². The third kappa shape index (κ3) is 3.87. The highest BCUT2D eigenvalue weighted by atomic mass is 79.9. The molecule has 1 atom stereocenters. The topological polar surface area (TPSA) is 21.3 Å². The van der Waals surface area contributed by atoms with E-state index in [9.17, 15) is 0 Å². The maximum atomic E-state index is 5.56. The number of thiophene rings is 1. The third-order valence-corrected chi connectivity index (χ3v) is 5.28. The van der Waals surface area contributed by atoms with E-state index < -0.39 is 0 Å². The Morgan fingerprint density at radius 2 is 2.05 bits per heavy atom. The first-order valence-corrected chi connectivity index (χ1v) is 8.81. The number of hydrogen-bond donors (Lipinski definition) is 1. The average molecular weight is 368 g/mol. The van der Waals surface area contributed by atoms with Crippen molar-refractivity contribution in [1.29, 1.82) is 0 Å².